The Morgan fingerprint density at radius 1 is 1.03 bits per heavy atom. The molecule has 0 radical (unpaired) electrons. The number of carbonyl (C=O) groups is 2. The fourth-order valence-electron chi connectivity index (χ4n) is 7.45. The van der Waals surface area contributed by atoms with Crippen LogP contribution in [0, 0.1) is 17.5 Å². The molecule has 302 valence electrons. The number of carboxylic acids is 1. The molecule has 7 rings (SSSR count). The van der Waals surface area contributed by atoms with Gasteiger partial charge in [0.05, 0.1) is 44.6 Å². The Bertz CT molecular complexity index is 2560. The number of hydrogen-bond acceptors (Lipinski definition) is 12. The summed E-state index contributed by atoms with van der Waals surface area (Å²) in [6.45, 7) is 4.20. The van der Waals surface area contributed by atoms with Crippen molar-refractivity contribution in [3.05, 3.63) is 98.7 Å². The summed E-state index contributed by atoms with van der Waals surface area (Å²) in [5.41, 5.74) is 6.11. The van der Waals surface area contributed by atoms with Crippen LogP contribution >= 0.6 is 0 Å². The van der Waals surface area contributed by atoms with Gasteiger partial charge < -0.3 is 34.5 Å². The van der Waals surface area contributed by atoms with Crippen LogP contribution in [0.4, 0.5) is 36.3 Å². The van der Waals surface area contributed by atoms with Gasteiger partial charge in [0, 0.05) is 62.2 Å². The number of halogens is 3. The third-order valence-corrected chi connectivity index (χ3v) is 10.4. The van der Waals surface area contributed by atoms with E-state index in [-0.39, 0.29) is 78.5 Å². The molecule has 3 aromatic carbocycles. The molecule has 18 heteroatoms. The number of nitrogens with two attached hydrogens (primary N) is 1. The first kappa shape index (κ1) is 39.5. The lowest BCUT2D eigenvalue weighted by Crippen LogP contribution is -2.56. The summed E-state index contributed by atoms with van der Waals surface area (Å²) < 4.78 is 64.1. The second-order valence-corrected chi connectivity index (χ2v) is 13.8. The number of piperazine rings is 1. The van der Waals surface area contributed by atoms with Crippen molar-refractivity contribution in [2.45, 2.75) is 32.9 Å². The van der Waals surface area contributed by atoms with E-state index in [2.05, 4.69) is 15.0 Å². The number of carbonyl (C=O) groups excluding carboxylic acids is 1. The fourth-order valence-corrected chi connectivity index (χ4v) is 7.45. The highest BCUT2D eigenvalue weighted by molar-refractivity contribution is 6.54. The molecule has 4 heterocycles. The monoisotopic (exact) mass is 800 g/mol. The molecule has 2 aromatic heterocycles. The van der Waals surface area contributed by atoms with Gasteiger partial charge in [-0.2, -0.15) is 4.98 Å². The van der Waals surface area contributed by atoms with Crippen LogP contribution in [0.25, 0.3) is 10.9 Å². The summed E-state index contributed by atoms with van der Waals surface area (Å²) in [6.07, 6.45) is 2.85. The number of methoxy groups -OCH3 is 3. The highest BCUT2D eigenvalue weighted by Gasteiger charge is 2.38. The standard InChI is InChI=1S/C40H39F3N8O7/c1-6-48-18-26(39(54)55)35(52)25-15-27(42)34(31(43)33(25)48)49-9-10-50(20(2)17-49)19-51-28-8-7-23(41)14-24(28)32(38(51)53)46-40-45-16-22(37(44)47-40)11-21-12-29(56-3)36(58-5)30(13-21)57-4/h7-8,12-16,18,20H,6,9-11,17,19H2,1-5H3,(H,54,55)(H2,44,45,47)/b46-32+. The molecule has 1 amide bonds. The van der Waals surface area contributed by atoms with E-state index < -0.39 is 40.3 Å². The molecule has 0 bridgehead atoms. The smallest absolute Gasteiger partial charge is 0.341 e. The number of hydrogen-bond donors (Lipinski definition) is 2. The van der Waals surface area contributed by atoms with E-state index >= 15 is 8.78 Å². The highest BCUT2D eigenvalue weighted by atomic mass is 19.1. The van der Waals surface area contributed by atoms with Crippen LogP contribution in [0.3, 0.4) is 0 Å². The number of anilines is 3. The SMILES string of the molecule is CCn1cc(C(=O)O)c(=O)c2cc(F)c(N3CCN(CN4C(=O)/C(=N/c5ncc(Cc6cc(OC)c(OC)c(OC)c6)c(N)n5)c5cc(F)ccc54)C(C)C3)c(F)c21. The van der Waals surface area contributed by atoms with Gasteiger partial charge in [-0.15, -0.1) is 0 Å². The molecular formula is C40H39F3N8O7. The number of aromatic nitrogens is 3. The minimum atomic E-state index is -1.50. The lowest BCUT2D eigenvalue weighted by Gasteiger charge is -2.42. The Morgan fingerprint density at radius 3 is 2.38 bits per heavy atom. The van der Waals surface area contributed by atoms with E-state index in [1.165, 1.54) is 60.1 Å². The Balaban J connectivity index is 1.12. The number of pyridine rings is 1. The maximum atomic E-state index is 16.2. The van der Waals surface area contributed by atoms with Crippen LogP contribution in [-0.2, 0) is 17.8 Å². The van der Waals surface area contributed by atoms with Crippen LogP contribution < -0.4 is 35.2 Å². The van der Waals surface area contributed by atoms with Gasteiger partial charge in [-0.3, -0.25) is 19.4 Å². The summed E-state index contributed by atoms with van der Waals surface area (Å²) in [5.74, 6) is -3.25. The molecule has 1 saturated heterocycles. The molecule has 2 aliphatic heterocycles. The van der Waals surface area contributed by atoms with Crippen molar-refractivity contribution in [1.29, 1.82) is 0 Å². The predicted molar refractivity (Wildman–Crippen MR) is 209 cm³/mol. The number of amides is 1. The van der Waals surface area contributed by atoms with Crippen LogP contribution in [0.5, 0.6) is 17.2 Å². The van der Waals surface area contributed by atoms with Gasteiger partial charge in [-0.25, -0.2) is 27.9 Å². The van der Waals surface area contributed by atoms with E-state index in [1.54, 1.807) is 19.1 Å². The zero-order valence-corrected chi connectivity index (χ0v) is 32.2. The zero-order chi connectivity index (χ0) is 41.6. The zero-order valence-electron chi connectivity index (χ0n) is 32.2. The lowest BCUT2D eigenvalue weighted by atomic mass is 10.1. The maximum absolute atomic E-state index is 16.2. The number of carboxylic acid groups (broad SMARTS) is 1. The molecule has 0 aliphatic carbocycles. The third-order valence-electron chi connectivity index (χ3n) is 10.4. The normalized spacial score (nSPS) is 16.3. The van der Waals surface area contributed by atoms with Gasteiger partial charge in [0.15, 0.2) is 17.3 Å². The van der Waals surface area contributed by atoms with Crippen molar-refractivity contribution in [3.8, 4) is 17.2 Å². The molecule has 1 unspecified atom stereocenters. The summed E-state index contributed by atoms with van der Waals surface area (Å²) in [5, 5.41) is 9.11. The van der Waals surface area contributed by atoms with Crippen molar-refractivity contribution in [1.82, 2.24) is 19.4 Å². The third kappa shape index (κ3) is 6.99. The molecule has 2 aliphatic rings. The topological polar surface area (TPSA) is 178 Å². The lowest BCUT2D eigenvalue weighted by molar-refractivity contribution is -0.112. The summed E-state index contributed by atoms with van der Waals surface area (Å²) >= 11 is 0. The molecule has 0 saturated carbocycles. The number of nitrogen functional groups attached to an aromatic ring is 1. The Morgan fingerprint density at radius 2 is 1.76 bits per heavy atom. The van der Waals surface area contributed by atoms with Gasteiger partial charge in [0.1, 0.15) is 34.4 Å². The second-order valence-electron chi connectivity index (χ2n) is 13.8. The van der Waals surface area contributed by atoms with Gasteiger partial charge >= 0.3 is 5.97 Å². The molecule has 15 nitrogen and oxygen atoms in total. The predicted octanol–water partition coefficient (Wildman–Crippen LogP) is 4.76. The minimum Gasteiger partial charge on any atom is -0.493 e. The van der Waals surface area contributed by atoms with Crippen molar-refractivity contribution >= 4 is 51.6 Å². The summed E-state index contributed by atoms with van der Waals surface area (Å²) in [6, 6.07) is 7.99. The van der Waals surface area contributed by atoms with Crippen LogP contribution in [0.2, 0.25) is 0 Å². The first-order valence-corrected chi connectivity index (χ1v) is 18.2. The summed E-state index contributed by atoms with van der Waals surface area (Å²) in [4.78, 5) is 56.6. The number of benzene rings is 3. The molecule has 58 heavy (non-hydrogen) atoms. The van der Waals surface area contributed by atoms with Gasteiger partial charge in [-0.05, 0) is 55.8 Å². The van der Waals surface area contributed by atoms with E-state index in [9.17, 15) is 23.9 Å². The number of aliphatic imine (C=N–C) groups is 1. The molecule has 3 N–H and O–H groups in total. The molecule has 1 atom stereocenters. The van der Waals surface area contributed by atoms with Crippen molar-refractivity contribution in [2.24, 2.45) is 4.99 Å². The molecule has 1 fully saturated rings. The van der Waals surface area contributed by atoms with Crippen molar-refractivity contribution in [3.63, 3.8) is 0 Å². The fraction of sp³-hybridized carbons (Fsp3) is 0.300. The second kappa shape index (κ2) is 15.7. The van der Waals surface area contributed by atoms with Crippen molar-refractivity contribution in [2.75, 3.05) is 63.2 Å². The van der Waals surface area contributed by atoms with Gasteiger partial charge in [0.25, 0.3) is 11.9 Å². The highest BCUT2D eigenvalue weighted by Crippen LogP contribution is 2.39. The van der Waals surface area contributed by atoms with E-state index in [0.717, 1.165) is 17.8 Å². The Kier molecular flexibility index (Phi) is 10.7. The van der Waals surface area contributed by atoms with Crippen LogP contribution in [-0.4, -0.2) is 95.8 Å². The van der Waals surface area contributed by atoms with Crippen LogP contribution in [0.15, 0.2) is 58.6 Å². The van der Waals surface area contributed by atoms with Gasteiger partial charge in [0.2, 0.25) is 11.2 Å². The van der Waals surface area contributed by atoms with E-state index in [1.807, 2.05) is 11.8 Å². The Hall–Kier alpha value is -6.69. The number of aromatic carboxylic acids is 1. The number of ether oxygens (including phenoxy) is 3. The first-order valence-electron chi connectivity index (χ1n) is 18.2. The Labute approximate surface area is 329 Å². The molecule has 5 aromatic rings. The quantitative estimate of drug-likeness (QED) is 0.188. The first-order chi connectivity index (χ1) is 27.8. The van der Waals surface area contributed by atoms with E-state index in [4.69, 9.17) is 19.9 Å². The van der Waals surface area contributed by atoms with Crippen LogP contribution in [0.1, 0.15) is 40.9 Å². The number of fused-ring (bicyclic) bond motifs is 2. The molecular weight excluding hydrogens is 761 g/mol. The summed E-state index contributed by atoms with van der Waals surface area (Å²) in [7, 11) is 4.53. The average molecular weight is 801 g/mol. The molecule has 0 spiro atoms. The van der Waals surface area contributed by atoms with Crippen molar-refractivity contribution < 1.29 is 42.1 Å². The minimum absolute atomic E-state index is 0.0399. The largest absolute Gasteiger partial charge is 0.493 e. The number of nitrogens with zero attached hydrogens (tertiary/aromatic N) is 7. The number of aryl methyl sites for hydroxylation is 1. The van der Waals surface area contributed by atoms with Gasteiger partial charge in [-0.1, -0.05) is 0 Å². The maximum Gasteiger partial charge on any atom is 0.341 e. The number of rotatable bonds is 11. The van der Waals surface area contributed by atoms with E-state index in [0.29, 0.717) is 34.9 Å². The average Bonchev–Trinajstić information content (AvgIpc) is 3.44.